The number of halogens is 1. The Labute approximate surface area is 119 Å². The molecule has 20 heavy (non-hydrogen) atoms. The number of aromatic nitrogens is 3. The fourth-order valence-corrected chi connectivity index (χ4v) is 2.17. The standard InChI is InChI=1S/C13H12ClN3O3/c1-2-3-11-15-12(20-16-11)7-17-9-5-4-8(14)6-10(9)19-13(17)18/h4-6H,2-3,7H2,1H3. The highest BCUT2D eigenvalue weighted by molar-refractivity contribution is 6.31. The van der Waals surface area contributed by atoms with Gasteiger partial charge in [-0.25, -0.2) is 4.79 Å². The highest BCUT2D eigenvalue weighted by atomic mass is 35.5. The van der Waals surface area contributed by atoms with Crippen LogP contribution in [-0.4, -0.2) is 14.7 Å². The average Bonchev–Trinajstić information content (AvgIpc) is 2.96. The molecule has 104 valence electrons. The summed E-state index contributed by atoms with van der Waals surface area (Å²) in [5, 5.41) is 4.37. The van der Waals surface area contributed by atoms with Crippen LogP contribution >= 0.6 is 11.6 Å². The molecule has 0 spiro atoms. The van der Waals surface area contributed by atoms with Gasteiger partial charge in [0.1, 0.15) is 6.54 Å². The van der Waals surface area contributed by atoms with Gasteiger partial charge in [0.25, 0.3) is 0 Å². The number of benzene rings is 1. The van der Waals surface area contributed by atoms with E-state index in [4.69, 9.17) is 20.5 Å². The van der Waals surface area contributed by atoms with Crippen LogP contribution in [0.25, 0.3) is 11.1 Å². The van der Waals surface area contributed by atoms with Crippen molar-refractivity contribution in [3.8, 4) is 0 Å². The summed E-state index contributed by atoms with van der Waals surface area (Å²) in [5.74, 6) is 0.553. The van der Waals surface area contributed by atoms with Gasteiger partial charge < -0.3 is 8.94 Å². The van der Waals surface area contributed by atoms with Gasteiger partial charge in [-0.2, -0.15) is 4.98 Å². The van der Waals surface area contributed by atoms with Gasteiger partial charge in [0, 0.05) is 17.5 Å². The van der Waals surface area contributed by atoms with E-state index >= 15 is 0 Å². The molecule has 0 amide bonds. The van der Waals surface area contributed by atoms with Crippen LogP contribution in [0.1, 0.15) is 25.1 Å². The molecule has 0 aliphatic carbocycles. The van der Waals surface area contributed by atoms with Gasteiger partial charge in [0.15, 0.2) is 11.4 Å². The third-order valence-corrected chi connectivity index (χ3v) is 3.14. The smallest absolute Gasteiger partial charge is 0.408 e. The Kier molecular flexibility index (Phi) is 3.31. The largest absolute Gasteiger partial charge is 0.420 e. The van der Waals surface area contributed by atoms with E-state index in [9.17, 15) is 4.79 Å². The van der Waals surface area contributed by atoms with Crippen molar-refractivity contribution in [1.29, 1.82) is 0 Å². The second-order valence-electron chi connectivity index (χ2n) is 4.42. The number of hydrogen-bond acceptors (Lipinski definition) is 5. The predicted octanol–water partition coefficient (Wildman–Crippen LogP) is 2.63. The minimum absolute atomic E-state index is 0.185. The third-order valence-electron chi connectivity index (χ3n) is 2.91. The normalized spacial score (nSPS) is 11.3. The highest BCUT2D eigenvalue weighted by Gasteiger charge is 2.13. The third kappa shape index (κ3) is 2.34. The number of hydrogen-bond donors (Lipinski definition) is 0. The molecule has 0 radical (unpaired) electrons. The van der Waals surface area contributed by atoms with Crippen LogP contribution in [0.3, 0.4) is 0 Å². The molecule has 2 aromatic heterocycles. The Morgan fingerprint density at radius 3 is 3.05 bits per heavy atom. The molecule has 3 aromatic rings. The minimum Gasteiger partial charge on any atom is -0.408 e. The van der Waals surface area contributed by atoms with Gasteiger partial charge in [0.2, 0.25) is 5.89 Å². The lowest BCUT2D eigenvalue weighted by atomic mass is 10.3. The Balaban J connectivity index is 1.97. The van der Waals surface area contributed by atoms with Crippen LogP contribution in [0.4, 0.5) is 0 Å². The minimum atomic E-state index is -0.475. The van der Waals surface area contributed by atoms with Crippen LogP contribution < -0.4 is 5.76 Å². The number of fused-ring (bicyclic) bond motifs is 1. The second-order valence-corrected chi connectivity index (χ2v) is 4.86. The van der Waals surface area contributed by atoms with E-state index in [1.54, 1.807) is 18.2 Å². The lowest BCUT2D eigenvalue weighted by Crippen LogP contribution is -2.15. The van der Waals surface area contributed by atoms with Crippen molar-refractivity contribution in [2.24, 2.45) is 0 Å². The molecule has 0 bridgehead atoms. The molecule has 0 N–H and O–H groups in total. The first kappa shape index (κ1) is 12.9. The van der Waals surface area contributed by atoms with Gasteiger partial charge in [-0.3, -0.25) is 4.57 Å². The summed E-state index contributed by atoms with van der Waals surface area (Å²) in [5.41, 5.74) is 1.09. The number of aryl methyl sites for hydroxylation is 1. The first-order valence-electron chi connectivity index (χ1n) is 6.27. The van der Waals surface area contributed by atoms with Crippen LogP contribution in [0.2, 0.25) is 5.02 Å². The maximum atomic E-state index is 11.9. The number of rotatable bonds is 4. The fraction of sp³-hybridized carbons (Fsp3) is 0.308. The average molecular weight is 294 g/mol. The maximum Gasteiger partial charge on any atom is 0.420 e. The Morgan fingerprint density at radius 2 is 2.25 bits per heavy atom. The van der Waals surface area contributed by atoms with Gasteiger partial charge in [-0.1, -0.05) is 23.7 Å². The molecule has 0 fully saturated rings. The molecular formula is C13H12ClN3O3. The van der Waals surface area contributed by atoms with Crippen LogP contribution in [0.5, 0.6) is 0 Å². The molecule has 3 rings (SSSR count). The van der Waals surface area contributed by atoms with Crippen molar-refractivity contribution >= 4 is 22.7 Å². The zero-order chi connectivity index (χ0) is 14.1. The second kappa shape index (κ2) is 5.13. The van der Waals surface area contributed by atoms with Crippen molar-refractivity contribution in [3.05, 3.63) is 45.5 Å². The summed E-state index contributed by atoms with van der Waals surface area (Å²) in [4.78, 5) is 16.1. The summed E-state index contributed by atoms with van der Waals surface area (Å²) in [7, 11) is 0. The molecule has 0 saturated heterocycles. The van der Waals surface area contributed by atoms with Crippen LogP contribution in [0, 0.1) is 0 Å². The molecular weight excluding hydrogens is 282 g/mol. The van der Waals surface area contributed by atoms with Crippen molar-refractivity contribution in [2.45, 2.75) is 26.3 Å². The monoisotopic (exact) mass is 293 g/mol. The molecule has 0 atom stereocenters. The molecule has 0 saturated carbocycles. The van der Waals surface area contributed by atoms with E-state index in [0.29, 0.717) is 27.8 Å². The Hall–Kier alpha value is -2.08. The molecule has 6 nitrogen and oxygen atoms in total. The lowest BCUT2D eigenvalue weighted by Gasteiger charge is -1.97. The maximum absolute atomic E-state index is 11.9. The number of nitrogens with zero attached hydrogens (tertiary/aromatic N) is 3. The number of oxazole rings is 1. The summed E-state index contributed by atoms with van der Waals surface area (Å²) in [6, 6.07) is 5.03. The molecule has 0 aliphatic rings. The summed E-state index contributed by atoms with van der Waals surface area (Å²) in [6.45, 7) is 2.22. The molecule has 1 aromatic carbocycles. The zero-order valence-electron chi connectivity index (χ0n) is 10.8. The zero-order valence-corrected chi connectivity index (χ0v) is 11.6. The van der Waals surface area contributed by atoms with Gasteiger partial charge in [-0.05, 0) is 18.6 Å². The molecule has 7 heteroatoms. The molecule has 2 heterocycles. The first-order valence-corrected chi connectivity index (χ1v) is 6.65. The van der Waals surface area contributed by atoms with Crippen LogP contribution in [0.15, 0.2) is 31.9 Å². The highest BCUT2D eigenvalue weighted by Crippen LogP contribution is 2.19. The van der Waals surface area contributed by atoms with E-state index in [-0.39, 0.29) is 6.54 Å². The molecule has 0 unspecified atom stereocenters. The fourth-order valence-electron chi connectivity index (χ4n) is 2.00. The van der Waals surface area contributed by atoms with Crippen molar-refractivity contribution in [3.63, 3.8) is 0 Å². The quantitative estimate of drug-likeness (QED) is 0.739. The van der Waals surface area contributed by atoms with Crippen molar-refractivity contribution in [2.75, 3.05) is 0 Å². The van der Waals surface area contributed by atoms with E-state index < -0.39 is 5.76 Å². The van der Waals surface area contributed by atoms with Gasteiger partial charge in [-0.15, -0.1) is 0 Å². The Bertz CT molecular complexity index is 803. The van der Waals surface area contributed by atoms with Crippen molar-refractivity contribution < 1.29 is 8.94 Å². The van der Waals surface area contributed by atoms with Crippen molar-refractivity contribution in [1.82, 2.24) is 14.7 Å². The predicted molar refractivity (Wildman–Crippen MR) is 72.9 cm³/mol. The topological polar surface area (TPSA) is 74.1 Å². The van der Waals surface area contributed by atoms with E-state index in [1.807, 2.05) is 6.92 Å². The Morgan fingerprint density at radius 1 is 1.40 bits per heavy atom. The van der Waals surface area contributed by atoms with E-state index in [2.05, 4.69) is 10.1 Å². The van der Waals surface area contributed by atoms with Gasteiger partial charge >= 0.3 is 5.76 Å². The molecule has 0 aliphatic heterocycles. The summed E-state index contributed by atoms with van der Waals surface area (Å²) in [6.07, 6.45) is 1.69. The first-order chi connectivity index (χ1) is 9.67. The lowest BCUT2D eigenvalue weighted by molar-refractivity contribution is 0.362. The SMILES string of the molecule is CCCc1noc(Cn2c(=O)oc3cc(Cl)ccc32)n1. The van der Waals surface area contributed by atoms with E-state index in [0.717, 1.165) is 12.8 Å². The van der Waals surface area contributed by atoms with E-state index in [1.165, 1.54) is 4.57 Å². The van der Waals surface area contributed by atoms with Gasteiger partial charge in [0.05, 0.1) is 5.52 Å². The summed E-state index contributed by atoms with van der Waals surface area (Å²) >= 11 is 5.87. The van der Waals surface area contributed by atoms with Crippen LogP contribution in [-0.2, 0) is 13.0 Å². The summed E-state index contributed by atoms with van der Waals surface area (Å²) < 4.78 is 11.7.